The van der Waals surface area contributed by atoms with E-state index in [-0.39, 0.29) is 22.2 Å². The number of ketones is 1. The Kier molecular flexibility index (Phi) is 5.99. The van der Waals surface area contributed by atoms with E-state index >= 15 is 0 Å². The van der Waals surface area contributed by atoms with Crippen molar-refractivity contribution in [1.29, 1.82) is 0 Å². The van der Waals surface area contributed by atoms with Crippen LogP contribution in [0.4, 0.5) is 5.69 Å². The number of thioether (sulfide) groups is 1. The van der Waals surface area contributed by atoms with Crippen LogP contribution in [-0.2, 0) is 4.79 Å². The highest BCUT2D eigenvalue weighted by atomic mass is 32.2. The van der Waals surface area contributed by atoms with E-state index in [9.17, 15) is 9.59 Å². The molecule has 2 unspecified atom stereocenters. The van der Waals surface area contributed by atoms with E-state index in [0.29, 0.717) is 11.3 Å². The Morgan fingerprint density at radius 3 is 2.13 bits per heavy atom. The fourth-order valence-electron chi connectivity index (χ4n) is 2.20. The summed E-state index contributed by atoms with van der Waals surface area (Å²) >= 11 is 1.62. The molecule has 2 aromatic rings. The van der Waals surface area contributed by atoms with Gasteiger partial charge in [0.05, 0.1) is 5.25 Å². The van der Waals surface area contributed by atoms with E-state index in [1.54, 1.807) is 36.0 Å². The summed E-state index contributed by atoms with van der Waals surface area (Å²) < 4.78 is 0. The highest BCUT2D eigenvalue weighted by Crippen LogP contribution is 2.31. The molecular formula is C19H21NO2S. The van der Waals surface area contributed by atoms with Crippen molar-refractivity contribution < 1.29 is 9.59 Å². The van der Waals surface area contributed by atoms with Gasteiger partial charge in [-0.05, 0) is 50.6 Å². The number of benzene rings is 2. The minimum Gasteiger partial charge on any atom is -0.325 e. The normalized spacial score (nSPS) is 13.2. The fraction of sp³-hybridized carbons (Fsp3) is 0.263. The van der Waals surface area contributed by atoms with Crippen molar-refractivity contribution in [3.63, 3.8) is 0 Å². The van der Waals surface area contributed by atoms with Crippen molar-refractivity contribution in [2.24, 2.45) is 0 Å². The third kappa shape index (κ3) is 4.96. The zero-order valence-corrected chi connectivity index (χ0v) is 14.4. The van der Waals surface area contributed by atoms with Crippen LogP contribution in [-0.4, -0.2) is 16.9 Å². The maximum Gasteiger partial charge on any atom is 0.237 e. The summed E-state index contributed by atoms with van der Waals surface area (Å²) in [5.74, 6) is -0.0168. The molecule has 0 aliphatic carbocycles. The van der Waals surface area contributed by atoms with E-state index in [1.165, 1.54) is 12.5 Å². The zero-order valence-electron chi connectivity index (χ0n) is 13.6. The molecule has 3 nitrogen and oxygen atoms in total. The van der Waals surface area contributed by atoms with Gasteiger partial charge in [0, 0.05) is 16.5 Å². The van der Waals surface area contributed by atoms with Gasteiger partial charge in [-0.15, -0.1) is 11.8 Å². The van der Waals surface area contributed by atoms with Crippen LogP contribution in [0.5, 0.6) is 0 Å². The van der Waals surface area contributed by atoms with Gasteiger partial charge < -0.3 is 5.32 Å². The number of nitrogens with one attached hydrogen (secondary N) is 1. The van der Waals surface area contributed by atoms with Gasteiger partial charge in [0.25, 0.3) is 0 Å². The van der Waals surface area contributed by atoms with Gasteiger partial charge in [0.15, 0.2) is 5.78 Å². The van der Waals surface area contributed by atoms with Gasteiger partial charge in [-0.1, -0.05) is 30.3 Å². The monoisotopic (exact) mass is 327 g/mol. The smallest absolute Gasteiger partial charge is 0.237 e. The lowest BCUT2D eigenvalue weighted by Crippen LogP contribution is -2.23. The SMILES string of the molecule is CC(=O)c1ccc(NC(=O)C(C)SC(C)c2ccccc2)cc1. The average Bonchev–Trinajstić information content (AvgIpc) is 2.56. The van der Waals surface area contributed by atoms with Gasteiger partial charge in [-0.3, -0.25) is 9.59 Å². The Hall–Kier alpha value is -2.07. The first-order chi connectivity index (χ1) is 11.0. The molecule has 0 fully saturated rings. The molecule has 2 aromatic carbocycles. The summed E-state index contributed by atoms with van der Waals surface area (Å²) in [6, 6.07) is 17.1. The highest BCUT2D eigenvalue weighted by Gasteiger charge is 2.18. The van der Waals surface area contributed by atoms with Crippen LogP contribution < -0.4 is 5.32 Å². The number of hydrogen-bond acceptors (Lipinski definition) is 3. The minimum absolute atomic E-state index is 0.0171. The maximum atomic E-state index is 12.3. The maximum absolute atomic E-state index is 12.3. The topological polar surface area (TPSA) is 46.2 Å². The number of carbonyl (C=O) groups excluding carboxylic acids is 2. The van der Waals surface area contributed by atoms with E-state index in [0.717, 1.165) is 0 Å². The molecule has 0 saturated carbocycles. The van der Waals surface area contributed by atoms with Crippen LogP contribution in [0.25, 0.3) is 0 Å². The molecular weight excluding hydrogens is 306 g/mol. The summed E-state index contributed by atoms with van der Waals surface area (Å²) in [5.41, 5.74) is 2.56. The Labute approximate surface area is 141 Å². The first-order valence-corrected chi connectivity index (χ1v) is 8.54. The van der Waals surface area contributed by atoms with Crippen LogP contribution in [0.2, 0.25) is 0 Å². The highest BCUT2D eigenvalue weighted by molar-refractivity contribution is 8.00. The van der Waals surface area contributed by atoms with E-state index in [4.69, 9.17) is 0 Å². The van der Waals surface area contributed by atoms with Gasteiger partial charge in [0.1, 0.15) is 0 Å². The Morgan fingerprint density at radius 2 is 1.57 bits per heavy atom. The lowest BCUT2D eigenvalue weighted by atomic mass is 10.1. The number of hydrogen-bond donors (Lipinski definition) is 1. The molecule has 0 radical (unpaired) electrons. The lowest BCUT2D eigenvalue weighted by Gasteiger charge is -2.17. The molecule has 2 rings (SSSR count). The molecule has 1 N–H and O–H groups in total. The molecule has 0 aromatic heterocycles. The van der Waals surface area contributed by atoms with Gasteiger partial charge >= 0.3 is 0 Å². The first-order valence-electron chi connectivity index (χ1n) is 7.59. The average molecular weight is 327 g/mol. The molecule has 2 atom stereocenters. The number of amides is 1. The number of Topliss-reactive ketones (excluding diaryl/α,β-unsaturated/α-hetero) is 1. The summed E-state index contributed by atoms with van der Waals surface area (Å²) in [5, 5.41) is 2.97. The quantitative estimate of drug-likeness (QED) is 0.782. The molecule has 0 heterocycles. The summed E-state index contributed by atoms with van der Waals surface area (Å²) in [6.07, 6.45) is 0. The molecule has 0 spiro atoms. The summed E-state index contributed by atoms with van der Waals surface area (Å²) in [4.78, 5) is 23.6. The minimum atomic E-state index is -0.169. The third-order valence-corrected chi connectivity index (χ3v) is 4.91. The number of carbonyl (C=O) groups is 2. The van der Waals surface area contributed by atoms with Crippen molar-refractivity contribution in [1.82, 2.24) is 0 Å². The second-order valence-corrected chi connectivity index (χ2v) is 7.14. The van der Waals surface area contributed by atoms with E-state index < -0.39 is 0 Å². The zero-order chi connectivity index (χ0) is 16.8. The molecule has 4 heteroatoms. The van der Waals surface area contributed by atoms with Gasteiger partial charge in [-0.25, -0.2) is 0 Å². The Bertz CT molecular complexity index is 668. The third-order valence-electron chi connectivity index (χ3n) is 3.61. The summed E-state index contributed by atoms with van der Waals surface area (Å²) in [7, 11) is 0. The standard InChI is InChI=1S/C19H21NO2S/c1-13(21)16-9-11-18(12-10-16)20-19(22)15(3)23-14(2)17-7-5-4-6-8-17/h4-12,14-15H,1-3H3,(H,20,22). The van der Waals surface area contributed by atoms with Crippen molar-refractivity contribution in [2.75, 3.05) is 5.32 Å². The molecule has 0 aliphatic rings. The van der Waals surface area contributed by atoms with Crippen LogP contribution >= 0.6 is 11.8 Å². The molecule has 0 aliphatic heterocycles. The fourth-order valence-corrected chi connectivity index (χ4v) is 3.31. The Balaban J connectivity index is 1.93. The van der Waals surface area contributed by atoms with E-state index in [2.05, 4.69) is 24.4 Å². The second-order valence-electron chi connectivity index (χ2n) is 5.45. The van der Waals surface area contributed by atoms with Crippen molar-refractivity contribution in [3.8, 4) is 0 Å². The molecule has 1 amide bonds. The van der Waals surface area contributed by atoms with Gasteiger partial charge in [-0.2, -0.15) is 0 Å². The van der Waals surface area contributed by atoms with Crippen LogP contribution in [0, 0.1) is 0 Å². The predicted molar refractivity (Wildman–Crippen MR) is 97.0 cm³/mol. The van der Waals surface area contributed by atoms with Crippen molar-refractivity contribution in [2.45, 2.75) is 31.3 Å². The Morgan fingerprint density at radius 1 is 0.957 bits per heavy atom. The van der Waals surface area contributed by atoms with Crippen LogP contribution in [0.1, 0.15) is 41.9 Å². The van der Waals surface area contributed by atoms with Crippen molar-refractivity contribution in [3.05, 3.63) is 65.7 Å². The summed E-state index contributed by atoms with van der Waals surface area (Å²) in [6.45, 7) is 5.53. The van der Waals surface area contributed by atoms with Crippen molar-refractivity contribution >= 4 is 29.1 Å². The van der Waals surface area contributed by atoms with Gasteiger partial charge in [0.2, 0.25) is 5.91 Å². The largest absolute Gasteiger partial charge is 0.325 e. The second kappa shape index (κ2) is 7.97. The number of anilines is 1. The lowest BCUT2D eigenvalue weighted by molar-refractivity contribution is -0.115. The molecule has 0 bridgehead atoms. The van der Waals surface area contributed by atoms with E-state index in [1.807, 2.05) is 25.1 Å². The van der Waals surface area contributed by atoms with Crippen LogP contribution in [0.15, 0.2) is 54.6 Å². The predicted octanol–water partition coefficient (Wildman–Crippen LogP) is 4.71. The molecule has 120 valence electrons. The molecule has 0 saturated heterocycles. The first kappa shape index (κ1) is 17.3. The molecule has 23 heavy (non-hydrogen) atoms. The van der Waals surface area contributed by atoms with Crippen LogP contribution in [0.3, 0.4) is 0 Å². The number of rotatable bonds is 6.